The molecule has 1 aromatic carbocycles. The predicted molar refractivity (Wildman–Crippen MR) is 97.4 cm³/mol. The van der Waals surface area contributed by atoms with Gasteiger partial charge in [-0.05, 0) is 32.3 Å². The average molecular weight is 342 g/mol. The quantitative estimate of drug-likeness (QED) is 0.924. The van der Waals surface area contributed by atoms with Crippen molar-refractivity contribution in [1.29, 1.82) is 0 Å². The molecule has 2 amide bonds. The first kappa shape index (κ1) is 17.5. The van der Waals surface area contributed by atoms with Crippen molar-refractivity contribution in [3.8, 4) is 0 Å². The second kappa shape index (κ2) is 7.70. The smallest absolute Gasteiger partial charge is 0.324 e. The van der Waals surface area contributed by atoms with E-state index in [1.165, 1.54) is 5.56 Å². The van der Waals surface area contributed by atoms with Gasteiger partial charge in [-0.3, -0.25) is 10.2 Å². The molecule has 1 aromatic heterocycles. The van der Waals surface area contributed by atoms with E-state index >= 15 is 0 Å². The normalized spacial score (nSPS) is 21.1. The molecular weight excluding hydrogens is 316 g/mol. The fraction of sp³-hybridized carbons (Fsp3) is 0.474. The molecule has 25 heavy (non-hydrogen) atoms. The van der Waals surface area contributed by atoms with Gasteiger partial charge in [0.1, 0.15) is 0 Å². The summed E-state index contributed by atoms with van der Waals surface area (Å²) in [7, 11) is 1.85. The first-order valence-electron chi connectivity index (χ1n) is 8.78. The van der Waals surface area contributed by atoms with E-state index in [0.29, 0.717) is 11.9 Å². The van der Waals surface area contributed by atoms with E-state index in [0.717, 1.165) is 31.6 Å². The van der Waals surface area contributed by atoms with Crippen LogP contribution in [0.1, 0.15) is 31.0 Å². The molecule has 3 rings (SSSR count). The number of aryl methyl sites for hydroxylation is 1. The Bertz CT molecular complexity index is 700. The first-order valence-corrected chi connectivity index (χ1v) is 8.78. The molecule has 0 saturated carbocycles. The average Bonchev–Trinajstić information content (AvgIpc) is 3.01. The summed E-state index contributed by atoms with van der Waals surface area (Å²) in [4.78, 5) is 16.7. The van der Waals surface area contributed by atoms with Crippen LogP contribution in [0.3, 0.4) is 0 Å². The number of hydrogen-bond donors (Lipinski definition) is 1. The molecule has 1 fully saturated rings. The molecule has 0 unspecified atom stereocenters. The van der Waals surface area contributed by atoms with Gasteiger partial charge in [-0.15, -0.1) is 0 Å². The topological polar surface area (TPSA) is 61.6 Å². The Labute approximate surface area is 148 Å². The van der Waals surface area contributed by atoms with Gasteiger partial charge in [0.25, 0.3) is 0 Å². The molecular formula is C19H26N4O2. The number of hydrogen-bond acceptors (Lipinski definition) is 4. The zero-order valence-corrected chi connectivity index (χ0v) is 15.1. The number of likely N-dealkylation sites (tertiary alicyclic amines) is 1. The minimum absolute atomic E-state index is 0.148. The van der Waals surface area contributed by atoms with Gasteiger partial charge in [0.05, 0.1) is 5.69 Å². The number of urea groups is 1. The van der Waals surface area contributed by atoms with E-state index in [-0.39, 0.29) is 12.1 Å². The van der Waals surface area contributed by atoms with E-state index in [1.807, 2.05) is 20.0 Å². The standard InChI is InChI=1S/C19H26N4O2/c1-14-11-18(25-21-14)20-19(24)22(3)17-9-10-23(15(2)12-17)13-16-7-5-4-6-8-16/h4-8,11,15,17H,9-10,12-13H2,1-3H3,(H,20,24)/t15-,17+/m0/s1. The Hall–Kier alpha value is -2.34. The van der Waals surface area contributed by atoms with Crippen LogP contribution in [0.25, 0.3) is 0 Å². The van der Waals surface area contributed by atoms with Crippen molar-refractivity contribution in [3.63, 3.8) is 0 Å². The first-order chi connectivity index (χ1) is 12.0. The highest BCUT2D eigenvalue weighted by Gasteiger charge is 2.30. The van der Waals surface area contributed by atoms with E-state index in [2.05, 4.69) is 46.6 Å². The molecule has 2 heterocycles. The summed E-state index contributed by atoms with van der Waals surface area (Å²) in [6.07, 6.45) is 1.93. The van der Waals surface area contributed by atoms with Gasteiger partial charge < -0.3 is 9.42 Å². The van der Waals surface area contributed by atoms with Crippen LogP contribution in [-0.4, -0.2) is 46.7 Å². The molecule has 0 radical (unpaired) electrons. The van der Waals surface area contributed by atoms with Crippen LogP contribution in [0.5, 0.6) is 0 Å². The van der Waals surface area contributed by atoms with Crippen molar-refractivity contribution >= 4 is 11.9 Å². The van der Waals surface area contributed by atoms with Crippen molar-refractivity contribution < 1.29 is 9.32 Å². The molecule has 2 atom stereocenters. The van der Waals surface area contributed by atoms with Crippen LogP contribution in [0.4, 0.5) is 10.7 Å². The van der Waals surface area contributed by atoms with Gasteiger partial charge in [-0.1, -0.05) is 35.5 Å². The van der Waals surface area contributed by atoms with Crippen LogP contribution in [0, 0.1) is 6.92 Å². The predicted octanol–water partition coefficient (Wildman–Crippen LogP) is 3.50. The fourth-order valence-electron chi connectivity index (χ4n) is 3.38. The number of carbonyl (C=O) groups excluding carboxylic acids is 1. The largest absolute Gasteiger partial charge is 0.338 e. The Morgan fingerprint density at radius 2 is 2.16 bits per heavy atom. The van der Waals surface area contributed by atoms with Crippen LogP contribution < -0.4 is 5.32 Å². The van der Waals surface area contributed by atoms with Gasteiger partial charge in [0, 0.05) is 38.3 Å². The lowest BCUT2D eigenvalue weighted by atomic mass is 9.96. The fourth-order valence-corrected chi connectivity index (χ4v) is 3.38. The summed E-state index contributed by atoms with van der Waals surface area (Å²) in [5, 5.41) is 6.56. The van der Waals surface area contributed by atoms with Crippen LogP contribution in [0.15, 0.2) is 40.9 Å². The lowest BCUT2D eigenvalue weighted by molar-refractivity contribution is 0.0941. The van der Waals surface area contributed by atoms with E-state index in [1.54, 1.807) is 11.0 Å². The van der Waals surface area contributed by atoms with Crippen LogP contribution in [-0.2, 0) is 6.54 Å². The van der Waals surface area contributed by atoms with Crippen LogP contribution >= 0.6 is 0 Å². The minimum Gasteiger partial charge on any atom is -0.338 e. The summed E-state index contributed by atoms with van der Waals surface area (Å²) >= 11 is 0. The zero-order chi connectivity index (χ0) is 17.8. The van der Waals surface area contributed by atoms with E-state index in [4.69, 9.17) is 4.52 Å². The molecule has 1 N–H and O–H groups in total. The number of benzene rings is 1. The number of amides is 2. The second-order valence-corrected chi connectivity index (χ2v) is 6.86. The molecule has 0 aliphatic carbocycles. The van der Waals surface area contributed by atoms with Gasteiger partial charge in [-0.25, -0.2) is 4.79 Å². The maximum absolute atomic E-state index is 12.4. The number of nitrogens with zero attached hydrogens (tertiary/aromatic N) is 3. The number of aromatic nitrogens is 1. The third-order valence-corrected chi connectivity index (χ3v) is 4.94. The van der Waals surface area contributed by atoms with E-state index < -0.39 is 0 Å². The maximum Gasteiger partial charge on any atom is 0.324 e. The molecule has 6 heteroatoms. The van der Waals surface area contributed by atoms with Crippen molar-refractivity contribution in [2.24, 2.45) is 0 Å². The molecule has 1 aliphatic heterocycles. The number of carbonyl (C=O) groups is 1. The molecule has 0 spiro atoms. The molecule has 134 valence electrons. The third-order valence-electron chi connectivity index (χ3n) is 4.94. The zero-order valence-electron chi connectivity index (χ0n) is 15.1. The number of piperidine rings is 1. The van der Waals surface area contributed by atoms with Gasteiger partial charge in [-0.2, -0.15) is 0 Å². The van der Waals surface area contributed by atoms with Gasteiger partial charge >= 0.3 is 6.03 Å². The van der Waals surface area contributed by atoms with Gasteiger partial charge in [0.15, 0.2) is 0 Å². The second-order valence-electron chi connectivity index (χ2n) is 6.86. The SMILES string of the molecule is Cc1cc(NC(=O)N(C)[C@@H]2CCN(Cc3ccccc3)[C@@H](C)C2)on1. The Kier molecular flexibility index (Phi) is 5.38. The summed E-state index contributed by atoms with van der Waals surface area (Å²) in [6.45, 7) is 6.01. The molecule has 1 aliphatic rings. The Morgan fingerprint density at radius 3 is 2.80 bits per heavy atom. The summed E-state index contributed by atoms with van der Waals surface area (Å²) in [6, 6.07) is 12.8. The lowest BCUT2D eigenvalue weighted by Gasteiger charge is -2.41. The molecule has 2 aromatic rings. The lowest BCUT2D eigenvalue weighted by Crippen LogP contribution is -2.50. The van der Waals surface area contributed by atoms with Crippen LogP contribution in [0.2, 0.25) is 0 Å². The maximum atomic E-state index is 12.4. The molecule has 6 nitrogen and oxygen atoms in total. The van der Waals surface area contributed by atoms with E-state index in [9.17, 15) is 4.79 Å². The molecule has 0 bridgehead atoms. The highest BCUT2D eigenvalue weighted by atomic mass is 16.5. The highest BCUT2D eigenvalue weighted by molar-refractivity contribution is 5.87. The van der Waals surface area contributed by atoms with Crippen molar-refractivity contribution in [1.82, 2.24) is 15.0 Å². The van der Waals surface area contributed by atoms with Crippen molar-refractivity contribution in [3.05, 3.63) is 47.7 Å². The number of rotatable bonds is 4. The minimum atomic E-state index is -0.148. The third kappa shape index (κ3) is 4.39. The Morgan fingerprint density at radius 1 is 1.40 bits per heavy atom. The number of nitrogens with one attached hydrogen (secondary N) is 1. The molecule has 1 saturated heterocycles. The monoisotopic (exact) mass is 342 g/mol. The Balaban J connectivity index is 1.53. The summed E-state index contributed by atoms with van der Waals surface area (Å²) in [5.41, 5.74) is 2.08. The van der Waals surface area contributed by atoms with Crippen molar-refractivity contribution in [2.75, 3.05) is 18.9 Å². The summed E-state index contributed by atoms with van der Waals surface area (Å²) < 4.78 is 5.06. The van der Waals surface area contributed by atoms with Crippen molar-refractivity contribution in [2.45, 2.75) is 45.3 Å². The van der Waals surface area contributed by atoms with Gasteiger partial charge in [0.2, 0.25) is 5.88 Å². The number of anilines is 1. The highest BCUT2D eigenvalue weighted by Crippen LogP contribution is 2.23. The summed E-state index contributed by atoms with van der Waals surface area (Å²) in [5.74, 6) is 0.393.